The number of phenols is 2. The number of carbonyl (C=O) groups is 1. The van der Waals surface area contributed by atoms with Gasteiger partial charge in [-0.3, -0.25) is 4.79 Å². The van der Waals surface area contributed by atoms with Crippen LogP contribution in [0.25, 0.3) is 0 Å². The lowest BCUT2D eigenvalue weighted by molar-refractivity contribution is 0.103. The average molecular weight is 270 g/mol. The van der Waals surface area contributed by atoms with Crippen LogP contribution in [0, 0.1) is 0 Å². The molecule has 20 heavy (non-hydrogen) atoms. The molecule has 0 spiro atoms. The van der Waals surface area contributed by atoms with Crippen LogP contribution >= 0.6 is 0 Å². The van der Waals surface area contributed by atoms with E-state index in [0.717, 1.165) is 0 Å². The summed E-state index contributed by atoms with van der Waals surface area (Å²) >= 11 is 0. The Kier molecular flexibility index (Phi) is 2.86. The van der Waals surface area contributed by atoms with E-state index < -0.39 is 0 Å². The molecule has 0 amide bonds. The molecule has 2 aromatic carbocycles. The van der Waals surface area contributed by atoms with Crippen LogP contribution in [0.3, 0.4) is 0 Å². The van der Waals surface area contributed by atoms with E-state index in [2.05, 4.69) is 0 Å². The van der Waals surface area contributed by atoms with Gasteiger partial charge in [-0.1, -0.05) is 12.1 Å². The third kappa shape index (κ3) is 1.90. The molecule has 4 heteroatoms. The average Bonchev–Trinajstić information content (AvgIpc) is 2.81. The molecule has 0 saturated carbocycles. The van der Waals surface area contributed by atoms with Gasteiger partial charge < -0.3 is 14.9 Å². The summed E-state index contributed by atoms with van der Waals surface area (Å²) in [5.41, 5.74) is 1.24. The predicted molar refractivity (Wildman–Crippen MR) is 73.4 cm³/mol. The fourth-order valence-electron chi connectivity index (χ4n) is 2.47. The summed E-state index contributed by atoms with van der Waals surface area (Å²) in [6.45, 7) is 1.88. The number of rotatable bonds is 2. The summed E-state index contributed by atoms with van der Waals surface area (Å²) < 4.78 is 5.64. The Morgan fingerprint density at radius 1 is 1.10 bits per heavy atom. The van der Waals surface area contributed by atoms with E-state index >= 15 is 0 Å². The Balaban J connectivity index is 2.11. The van der Waals surface area contributed by atoms with Gasteiger partial charge in [-0.25, -0.2) is 0 Å². The number of hydrogen-bond donors (Lipinski definition) is 2. The minimum Gasteiger partial charge on any atom is -0.508 e. The zero-order chi connectivity index (χ0) is 14.3. The summed E-state index contributed by atoms with van der Waals surface area (Å²) in [4.78, 5) is 12.5. The highest BCUT2D eigenvalue weighted by molar-refractivity contribution is 6.12. The SMILES string of the molecule is CC1Cc2c(O)ccc(C(=O)c3ccccc3O)c2O1. The van der Waals surface area contributed by atoms with Gasteiger partial charge in [-0.15, -0.1) is 0 Å². The fourth-order valence-corrected chi connectivity index (χ4v) is 2.47. The molecule has 102 valence electrons. The molecular weight excluding hydrogens is 256 g/mol. The molecule has 0 fully saturated rings. The van der Waals surface area contributed by atoms with E-state index in [4.69, 9.17) is 4.74 Å². The van der Waals surface area contributed by atoms with Gasteiger partial charge in [0.25, 0.3) is 0 Å². The van der Waals surface area contributed by atoms with Crippen molar-refractivity contribution in [2.75, 3.05) is 0 Å². The third-order valence-corrected chi connectivity index (χ3v) is 3.44. The van der Waals surface area contributed by atoms with Crippen molar-refractivity contribution in [3.05, 3.63) is 53.1 Å². The maximum Gasteiger partial charge on any atom is 0.200 e. The summed E-state index contributed by atoms with van der Waals surface area (Å²) in [5, 5.41) is 19.6. The minimum atomic E-state index is -0.312. The maximum absolute atomic E-state index is 12.5. The van der Waals surface area contributed by atoms with Crippen LogP contribution in [0.2, 0.25) is 0 Å². The van der Waals surface area contributed by atoms with Crippen LogP contribution in [-0.2, 0) is 6.42 Å². The van der Waals surface area contributed by atoms with E-state index in [1.807, 2.05) is 6.92 Å². The number of ether oxygens (including phenoxy) is 1. The van der Waals surface area contributed by atoms with E-state index in [9.17, 15) is 15.0 Å². The maximum atomic E-state index is 12.5. The molecule has 1 unspecified atom stereocenters. The van der Waals surface area contributed by atoms with E-state index in [0.29, 0.717) is 23.3 Å². The second-order valence-corrected chi connectivity index (χ2v) is 4.92. The summed E-state index contributed by atoms with van der Waals surface area (Å²) in [7, 11) is 0. The quantitative estimate of drug-likeness (QED) is 0.823. The van der Waals surface area contributed by atoms with Gasteiger partial charge in [-0.2, -0.15) is 0 Å². The Bertz CT molecular complexity index is 691. The molecule has 1 atom stereocenters. The van der Waals surface area contributed by atoms with E-state index in [-0.39, 0.29) is 28.9 Å². The topological polar surface area (TPSA) is 66.8 Å². The molecule has 0 saturated heterocycles. The van der Waals surface area contributed by atoms with Gasteiger partial charge in [0.05, 0.1) is 11.1 Å². The molecule has 1 aliphatic rings. The predicted octanol–water partition coefficient (Wildman–Crippen LogP) is 2.65. The Morgan fingerprint density at radius 3 is 2.60 bits per heavy atom. The van der Waals surface area contributed by atoms with Crippen LogP contribution in [-0.4, -0.2) is 22.1 Å². The van der Waals surface area contributed by atoms with Crippen molar-refractivity contribution in [1.82, 2.24) is 0 Å². The van der Waals surface area contributed by atoms with Crippen LogP contribution in [0.4, 0.5) is 0 Å². The fraction of sp³-hybridized carbons (Fsp3) is 0.188. The molecule has 1 heterocycles. The van der Waals surface area contributed by atoms with E-state index in [1.54, 1.807) is 18.2 Å². The van der Waals surface area contributed by atoms with E-state index in [1.165, 1.54) is 18.2 Å². The first kappa shape index (κ1) is 12.5. The van der Waals surface area contributed by atoms with Crippen molar-refractivity contribution in [3.63, 3.8) is 0 Å². The molecule has 2 N–H and O–H groups in total. The molecular formula is C16H14O4. The second kappa shape index (κ2) is 4.56. The van der Waals surface area contributed by atoms with Gasteiger partial charge in [0.1, 0.15) is 23.4 Å². The smallest absolute Gasteiger partial charge is 0.200 e. The van der Waals surface area contributed by atoms with Gasteiger partial charge >= 0.3 is 0 Å². The highest BCUT2D eigenvalue weighted by atomic mass is 16.5. The molecule has 0 aromatic heterocycles. The Hall–Kier alpha value is -2.49. The summed E-state index contributed by atoms with van der Waals surface area (Å²) in [5.74, 6) is 0.183. The first-order valence-corrected chi connectivity index (χ1v) is 6.42. The number of para-hydroxylation sites is 1. The molecule has 4 nitrogen and oxygen atoms in total. The van der Waals surface area contributed by atoms with Gasteiger partial charge in [0.15, 0.2) is 5.78 Å². The third-order valence-electron chi connectivity index (χ3n) is 3.44. The molecule has 0 aliphatic carbocycles. The van der Waals surface area contributed by atoms with Crippen molar-refractivity contribution in [3.8, 4) is 17.2 Å². The van der Waals surface area contributed by atoms with Crippen LogP contribution in [0.5, 0.6) is 17.2 Å². The first-order chi connectivity index (χ1) is 9.58. The number of carbonyl (C=O) groups excluding carboxylic acids is 1. The monoisotopic (exact) mass is 270 g/mol. The second-order valence-electron chi connectivity index (χ2n) is 4.92. The van der Waals surface area contributed by atoms with Gasteiger partial charge in [0, 0.05) is 12.0 Å². The van der Waals surface area contributed by atoms with Crippen LogP contribution < -0.4 is 4.74 Å². The normalized spacial score (nSPS) is 16.6. The molecule has 0 radical (unpaired) electrons. The minimum absolute atomic E-state index is 0.0645. The molecule has 3 rings (SSSR count). The highest BCUT2D eigenvalue weighted by Crippen LogP contribution is 2.39. The lowest BCUT2D eigenvalue weighted by Crippen LogP contribution is -2.08. The summed E-state index contributed by atoms with van der Waals surface area (Å²) in [6.07, 6.45) is 0.498. The Labute approximate surface area is 116 Å². The van der Waals surface area contributed by atoms with Gasteiger partial charge in [-0.05, 0) is 31.2 Å². The largest absolute Gasteiger partial charge is 0.508 e. The lowest BCUT2D eigenvalue weighted by Gasteiger charge is -2.10. The summed E-state index contributed by atoms with van der Waals surface area (Å²) in [6, 6.07) is 9.41. The number of ketones is 1. The van der Waals surface area contributed by atoms with Crippen LogP contribution in [0.1, 0.15) is 28.4 Å². The lowest BCUT2D eigenvalue weighted by atomic mass is 9.98. The van der Waals surface area contributed by atoms with Crippen molar-refractivity contribution >= 4 is 5.78 Å². The number of fused-ring (bicyclic) bond motifs is 1. The molecule has 0 bridgehead atoms. The Morgan fingerprint density at radius 2 is 1.85 bits per heavy atom. The molecule has 1 aliphatic heterocycles. The van der Waals surface area contributed by atoms with Crippen molar-refractivity contribution in [1.29, 1.82) is 0 Å². The van der Waals surface area contributed by atoms with Crippen molar-refractivity contribution < 1.29 is 19.7 Å². The van der Waals surface area contributed by atoms with Gasteiger partial charge in [0.2, 0.25) is 0 Å². The molecule has 2 aromatic rings. The zero-order valence-corrected chi connectivity index (χ0v) is 11.0. The van der Waals surface area contributed by atoms with Crippen molar-refractivity contribution in [2.24, 2.45) is 0 Å². The zero-order valence-electron chi connectivity index (χ0n) is 11.0. The standard InChI is InChI=1S/C16H14O4/c1-9-8-12-14(18)7-6-11(16(12)20-9)15(19)10-4-2-3-5-13(10)17/h2-7,9,17-18H,8H2,1H3. The van der Waals surface area contributed by atoms with Crippen molar-refractivity contribution in [2.45, 2.75) is 19.4 Å². The first-order valence-electron chi connectivity index (χ1n) is 6.42. The number of aromatic hydroxyl groups is 2. The highest BCUT2D eigenvalue weighted by Gasteiger charge is 2.28. The number of benzene rings is 2. The number of phenolic OH excluding ortho intramolecular Hbond substituents is 2. The van der Waals surface area contributed by atoms with Crippen LogP contribution in [0.15, 0.2) is 36.4 Å². The number of hydrogen-bond acceptors (Lipinski definition) is 4.